The number of benzene rings is 2. The molecule has 1 aromatic heterocycles. The van der Waals surface area contributed by atoms with E-state index in [9.17, 15) is 14.4 Å². The van der Waals surface area contributed by atoms with Gasteiger partial charge in [0.1, 0.15) is 17.6 Å². The molecule has 1 saturated carbocycles. The van der Waals surface area contributed by atoms with Gasteiger partial charge in [-0.3, -0.25) is 9.79 Å². The Morgan fingerprint density at radius 3 is 2.79 bits per heavy atom. The van der Waals surface area contributed by atoms with Crippen LogP contribution in [0, 0.1) is 23.1 Å². The van der Waals surface area contributed by atoms with Crippen LogP contribution in [0.15, 0.2) is 47.5 Å². The highest BCUT2D eigenvalue weighted by atomic mass is 19.1. The predicted molar refractivity (Wildman–Crippen MR) is 146 cm³/mol. The van der Waals surface area contributed by atoms with E-state index in [2.05, 4.69) is 29.5 Å². The van der Waals surface area contributed by atoms with E-state index in [0.717, 1.165) is 54.7 Å². The number of nitrogens with zero attached hydrogens (tertiary/aromatic N) is 4. The zero-order valence-electron chi connectivity index (χ0n) is 22.1. The first kappa shape index (κ1) is 26.0. The highest BCUT2D eigenvalue weighted by molar-refractivity contribution is 5.95. The summed E-state index contributed by atoms with van der Waals surface area (Å²) in [5.41, 5.74) is 2.42. The second kappa shape index (κ2) is 11.4. The van der Waals surface area contributed by atoms with Gasteiger partial charge in [0, 0.05) is 24.1 Å². The maximum atomic E-state index is 14.6. The van der Waals surface area contributed by atoms with E-state index in [1.807, 2.05) is 31.3 Å². The van der Waals surface area contributed by atoms with Crippen molar-refractivity contribution in [3.8, 4) is 23.0 Å². The number of fused-ring (bicyclic) bond motifs is 1. The molecule has 38 heavy (non-hydrogen) atoms. The Labute approximate surface area is 222 Å². The molecule has 3 unspecified atom stereocenters. The summed E-state index contributed by atoms with van der Waals surface area (Å²) < 4.78 is 16.2. The number of carbonyl (C=O) groups is 1. The van der Waals surface area contributed by atoms with Gasteiger partial charge < -0.3 is 5.32 Å². The molecule has 1 N–H and O–H groups in total. The van der Waals surface area contributed by atoms with Crippen LogP contribution in [0.5, 0.6) is 0 Å². The van der Waals surface area contributed by atoms with Crippen molar-refractivity contribution in [2.75, 3.05) is 7.05 Å². The molecular formula is C31H34FN5O. The van der Waals surface area contributed by atoms with Gasteiger partial charge in [0.15, 0.2) is 5.78 Å². The van der Waals surface area contributed by atoms with Crippen molar-refractivity contribution in [1.29, 1.82) is 5.26 Å². The van der Waals surface area contributed by atoms with E-state index in [-0.39, 0.29) is 17.4 Å². The molecule has 2 aliphatic rings. The van der Waals surface area contributed by atoms with Crippen molar-refractivity contribution in [2.45, 2.75) is 70.4 Å². The van der Waals surface area contributed by atoms with E-state index in [1.165, 1.54) is 18.6 Å². The predicted octanol–water partition coefficient (Wildman–Crippen LogP) is 4.87. The lowest BCUT2D eigenvalue weighted by atomic mass is 9.92. The molecule has 2 aromatic carbocycles. The molecule has 0 spiro atoms. The maximum Gasteiger partial charge on any atom is 0.183 e. The van der Waals surface area contributed by atoms with Gasteiger partial charge in [0.05, 0.1) is 28.3 Å². The summed E-state index contributed by atoms with van der Waals surface area (Å²) in [7, 11) is 1.99. The maximum absolute atomic E-state index is 14.6. The van der Waals surface area contributed by atoms with Crippen LogP contribution in [-0.2, 0) is 0 Å². The number of halogens is 1. The molecule has 5 rings (SSSR count). The molecule has 3 atom stereocenters. The molecule has 1 fully saturated rings. The van der Waals surface area contributed by atoms with Gasteiger partial charge in [-0.15, -0.1) is 0 Å². The van der Waals surface area contributed by atoms with Crippen molar-refractivity contribution in [3.63, 3.8) is 0 Å². The molecule has 0 bridgehead atoms. The Kier molecular flexibility index (Phi) is 7.80. The second-order valence-electron chi connectivity index (χ2n) is 10.5. The quantitative estimate of drug-likeness (QED) is 0.345. The zero-order valence-corrected chi connectivity index (χ0v) is 22.1. The monoisotopic (exact) mass is 511 g/mol. The molecule has 0 radical (unpaired) electrons. The van der Waals surface area contributed by atoms with E-state index in [1.54, 1.807) is 10.7 Å². The van der Waals surface area contributed by atoms with Crippen LogP contribution in [0.2, 0.25) is 0 Å². The number of rotatable bonds is 8. The van der Waals surface area contributed by atoms with Crippen LogP contribution in [0.4, 0.5) is 4.39 Å². The Balaban J connectivity index is 1.52. The molecule has 0 saturated heterocycles. The minimum absolute atomic E-state index is 0.00611. The average Bonchev–Trinajstić information content (AvgIpc) is 3.47. The van der Waals surface area contributed by atoms with Crippen LogP contribution < -0.4 is 15.9 Å². The minimum atomic E-state index is -0.612. The fraction of sp³-hybridized carbons (Fsp3) is 0.419. The van der Waals surface area contributed by atoms with E-state index < -0.39 is 5.82 Å². The molecule has 6 nitrogen and oxygen atoms in total. The van der Waals surface area contributed by atoms with Gasteiger partial charge in [0.2, 0.25) is 0 Å². The van der Waals surface area contributed by atoms with E-state index >= 15 is 0 Å². The summed E-state index contributed by atoms with van der Waals surface area (Å²) in [5, 5.41) is 19.3. The number of nitriles is 1. The number of carbonyl (C=O) groups excluding carboxylic acids is 1. The first-order valence-corrected chi connectivity index (χ1v) is 13.7. The normalized spacial score (nSPS) is 20.6. The van der Waals surface area contributed by atoms with Crippen LogP contribution in [0.25, 0.3) is 23.0 Å². The average molecular weight is 512 g/mol. The summed E-state index contributed by atoms with van der Waals surface area (Å²) in [6, 6.07) is 14.8. The SMILES string of the molecule is CCCC1C=c2cc(-c3cc(C(=O)CC4CCCCC(NC)C4)nn3-c3ccc(C#N)c(F)c3)ccc2=N1. The summed E-state index contributed by atoms with van der Waals surface area (Å²) in [6.45, 7) is 2.15. The lowest BCUT2D eigenvalue weighted by Crippen LogP contribution is -2.27. The van der Waals surface area contributed by atoms with Gasteiger partial charge in [-0.25, -0.2) is 9.07 Å². The number of hydrogen-bond donors (Lipinski definition) is 1. The Bertz CT molecular complexity index is 1500. The number of aromatic nitrogens is 2. The molecule has 2 heterocycles. The number of ketones is 1. The van der Waals surface area contributed by atoms with Crippen LogP contribution in [-0.4, -0.2) is 34.7 Å². The lowest BCUT2D eigenvalue weighted by molar-refractivity contribution is 0.0950. The van der Waals surface area contributed by atoms with Gasteiger partial charge in [-0.1, -0.05) is 38.3 Å². The second-order valence-corrected chi connectivity index (χ2v) is 10.5. The third-order valence-corrected chi connectivity index (χ3v) is 7.81. The fourth-order valence-corrected chi connectivity index (χ4v) is 5.75. The summed E-state index contributed by atoms with van der Waals surface area (Å²) in [5.74, 6) is -0.291. The summed E-state index contributed by atoms with van der Waals surface area (Å²) in [4.78, 5) is 18.3. The van der Waals surface area contributed by atoms with Gasteiger partial charge >= 0.3 is 0 Å². The topological polar surface area (TPSA) is 83.1 Å². The van der Waals surface area contributed by atoms with Crippen LogP contribution in [0.3, 0.4) is 0 Å². The minimum Gasteiger partial charge on any atom is -0.317 e. The van der Waals surface area contributed by atoms with E-state index in [4.69, 9.17) is 4.99 Å². The highest BCUT2D eigenvalue weighted by Gasteiger charge is 2.25. The van der Waals surface area contributed by atoms with Crippen molar-refractivity contribution in [1.82, 2.24) is 15.1 Å². The molecule has 7 heteroatoms. The standard InChI is InChI=1S/C31H34FN5O/c1-3-6-25-16-23-15-21(10-12-28(23)35-25)30-18-29(31(38)14-20-7-4-5-8-24(13-20)34-2)36-37(30)26-11-9-22(19-33)27(32)17-26/h9-12,15-18,20,24-25,34H,3-8,13-14H2,1-2H3. The van der Waals surface area contributed by atoms with Crippen molar-refractivity contribution in [3.05, 3.63) is 70.1 Å². The molecule has 1 aliphatic carbocycles. The molecule has 196 valence electrons. The van der Waals surface area contributed by atoms with Crippen molar-refractivity contribution < 1.29 is 9.18 Å². The van der Waals surface area contributed by atoms with Gasteiger partial charge in [-0.05, 0) is 74.2 Å². The summed E-state index contributed by atoms with van der Waals surface area (Å²) in [6.07, 6.45) is 10.2. The Morgan fingerprint density at radius 1 is 1.18 bits per heavy atom. The fourth-order valence-electron chi connectivity index (χ4n) is 5.75. The molecule has 1 aliphatic heterocycles. The smallest absolute Gasteiger partial charge is 0.183 e. The van der Waals surface area contributed by atoms with E-state index in [0.29, 0.717) is 35.5 Å². The van der Waals surface area contributed by atoms with Crippen LogP contribution in [0.1, 0.15) is 74.3 Å². The lowest BCUT2D eigenvalue weighted by Gasteiger charge is -2.18. The number of Topliss-reactive ketones (excluding diaryl/α,β-unsaturated/α-hetero) is 1. The molecular weight excluding hydrogens is 477 g/mol. The Morgan fingerprint density at radius 2 is 2.03 bits per heavy atom. The van der Waals surface area contributed by atoms with Gasteiger partial charge in [-0.2, -0.15) is 10.4 Å². The molecule has 3 aromatic rings. The first-order chi connectivity index (χ1) is 18.5. The van der Waals surface area contributed by atoms with Crippen LogP contribution >= 0.6 is 0 Å². The highest BCUT2D eigenvalue weighted by Crippen LogP contribution is 2.29. The third-order valence-electron chi connectivity index (χ3n) is 7.81. The summed E-state index contributed by atoms with van der Waals surface area (Å²) >= 11 is 0. The van der Waals surface area contributed by atoms with Gasteiger partial charge in [0.25, 0.3) is 0 Å². The third kappa shape index (κ3) is 5.46. The Hall–Kier alpha value is -3.63. The largest absolute Gasteiger partial charge is 0.317 e. The van der Waals surface area contributed by atoms with Crippen molar-refractivity contribution in [2.24, 2.45) is 10.9 Å². The zero-order chi connectivity index (χ0) is 26.6. The number of hydrogen-bond acceptors (Lipinski definition) is 5. The van der Waals surface area contributed by atoms with Crippen molar-refractivity contribution >= 4 is 11.9 Å². The molecule has 0 amide bonds. The first-order valence-electron chi connectivity index (χ1n) is 13.7. The number of nitrogens with one attached hydrogen (secondary N) is 1.